The maximum Gasteiger partial charge on any atom is 0.152 e. The van der Waals surface area contributed by atoms with Crippen molar-refractivity contribution in [2.75, 3.05) is 0 Å². The Morgan fingerprint density at radius 2 is 1.81 bits per heavy atom. The van der Waals surface area contributed by atoms with Gasteiger partial charge in [-0.3, -0.25) is 4.79 Å². The smallest absolute Gasteiger partial charge is 0.152 e. The largest absolute Gasteiger partial charge is 0.462 e. The molecule has 0 aliphatic rings. The highest BCUT2D eigenvalue weighted by Crippen LogP contribution is 2.13. The van der Waals surface area contributed by atoms with Crippen LogP contribution in [0.5, 0.6) is 0 Å². The summed E-state index contributed by atoms with van der Waals surface area (Å²) in [7, 11) is 0. The molecule has 0 aromatic carbocycles. The van der Waals surface area contributed by atoms with Crippen LogP contribution < -0.4 is 0 Å². The van der Waals surface area contributed by atoms with E-state index in [4.69, 9.17) is 4.74 Å². The third-order valence-corrected chi connectivity index (χ3v) is 1.81. The number of ether oxygens (including phenoxy) is 1. The van der Waals surface area contributed by atoms with Crippen molar-refractivity contribution >= 4 is 5.78 Å². The standard InChI is InChI=1S/C14H20O2/c1-6-7-8-13(5)16-14(11(2)3)10-9-12(4)15/h6,8-10H,1,7H2,2-5H3/b10-9+,13-8?. The van der Waals surface area contributed by atoms with Crippen LogP contribution in [0.25, 0.3) is 0 Å². The van der Waals surface area contributed by atoms with E-state index >= 15 is 0 Å². The normalized spacial score (nSPS) is 11.4. The maximum absolute atomic E-state index is 10.8. The van der Waals surface area contributed by atoms with Crippen molar-refractivity contribution in [3.8, 4) is 0 Å². The van der Waals surface area contributed by atoms with Crippen LogP contribution in [-0.2, 0) is 9.53 Å². The molecule has 0 amide bonds. The van der Waals surface area contributed by atoms with Crippen LogP contribution >= 0.6 is 0 Å². The molecule has 0 radical (unpaired) electrons. The molecule has 16 heavy (non-hydrogen) atoms. The van der Waals surface area contributed by atoms with E-state index in [1.807, 2.05) is 26.8 Å². The summed E-state index contributed by atoms with van der Waals surface area (Å²) in [5, 5.41) is 0. The van der Waals surface area contributed by atoms with Crippen LogP contribution in [0.3, 0.4) is 0 Å². The Bertz CT molecular complexity index is 340. The Morgan fingerprint density at radius 1 is 1.19 bits per heavy atom. The fourth-order valence-corrected chi connectivity index (χ4v) is 0.960. The highest BCUT2D eigenvalue weighted by molar-refractivity contribution is 5.87. The molecule has 88 valence electrons. The minimum absolute atomic E-state index is 0.00933. The van der Waals surface area contributed by atoms with Gasteiger partial charge in [-0.05, 0) is 57.9 Å². The highest BCUT2D eigenvalue weighted by Gasteiger charge is 1.98. The van der Waals surface area contributed by atoms with Crippen LogP contribution in [0.1, 0.15) is 34.1 Å². The molecular formula is C14H20O2. The molecule has 2 nitrogen and oxygen atoms in total. The van der Waals surface area contributed by atoms with E-state index in [0.29, 0.717) is 5.76 Å². The van der Waals surface area contributed by atoms with Crippen molar-refractivity contribution in [2.45, 2.75) is 34.1 Å². The molecule has 0 saturated carbocycles. The molecule has 2 heteroatoms. The topological polar surface area (TPSA) is 26.3 Å². The van der Waals surface area contributed by atoms with Gasteiger partial charge in [-0.2, -0.15) is 0 Å². The van der Waals surface area contributed by atoms with Crippen LogP contribution in [0, 0.1) is 0 Å². The average Bonchev–Trinajstić information content (AvgIpc) is 2.20. The zero-order chi connectivity index (χ0) is 12.6. The van der Waals surface area contributed by atoms with Crippen LogP contribution in [0.15, 0.2) is 48.0 Å². The van der Waals surface area contributed by atoms with Gasteiger partial charge in [0, 0.05) is 0 Å². The van der Waals surface area contributed by atoms with E-state index in [0.717, 1.165) is 17.8 Å². The summed E-state index contributed by atoms with van der Waals surface area (Å²) >= 11 is 0. The highest BCUT2D eigenvalue weighted by atomic mass is 16.5. The van der Waals surface area contributed by atoms with E-state index in [2.05, 4.69) is 6.58 Å². The van der Waals surface area contributed by atoms with Crippen LogP contribution in [0.4, 0.5) is 0 Å². The monoisotopic (exact) mass is 220 g/mol. The molecule has 0 aliphatic heterocycles. The van der Waals surface area contributed by atoms with Gasteiger partial charge in [0.05, 0.1) is 5.76 Å². The minimum Gasteiger partial charge on any atom is -0.462 e. The van der Waals surface area contributed by atoms with Crippen molar-refractivity contribution < 1.29 is 9.53 Å². The Morgan fingerprint density at radius 3 is 2.25 bits per heavy atom. The lowest BCUT2D eigenvalue weighted by molar-refractivity contribution is -0.112. The number of hydrogen-bond acceptors (Lipinski definition) is 2. The lowest BCUT2D eigenvalue weighted by atomic mass is 10.2. The Balaban J connectivity index is 4.67. The molecule has 0 unspecified atom stereocenters. The third-order valence-electron chi connectivity index (χ3n) is 1.81. The molecule has 0 aliphatic carbocycles. The van der Waals surface area contributed by atoms with E-state index in [1.54, 1.807) is 12.2 Å². The second-order valence-corrected chi connectivity index (χ2v) is 3.75. The van der Waals surface area contributed by atoms with Gasteiger partial charge in [0.2, 0.25) is 0 Å². The molecule has 0 fully saturated rings. The molecule has 0 N–H and O–H groups in total. The molecule has 0 spiro atoms. The third kappa shape index (κ3) is 6.82. The zero-order valence-corrected chi connectivity index (χ0v) is 10.5. The SMILES string of the molecule is C=CCC=C(C)OC(/C=C/C(C)=O)=C(C)C. The lowest BCUT2D eigenvalue weighted by Gasteiger charge is -2.08. The van der Waals surface area contributed by atoms with Gasteiger partial charge >= 0.3 is 0 Å². The maximum atomic E-state index is 10.8. The van der Waals surface area contributed by atoms with Crippen molar-refractivity contribution in [2.24, 2.45) is 0 Å². The summed E-state index contributed by atoms with van der Waals surface area (Å²) in [5.74, 6) is 1.53. The van der Waals surface area contributed by atoms with E-state index in [-0.39, 0.29) is 5.78 Å². The fraction of sp³-hybridized carbons (Fsp3) is 0.357. The van der Waals surface area contributed by atoms with E-state index in [9.17, 15) is 4.79 Å². The number of carbonyl (C=O) groups is 1. The van der Waals surface area contributed by atoms with E-state index < -0.39 is 0 Å². The Kier molecular flexibility index (Phi) is 6.93. The summed E-state index contributed by atoms with van der Waals surface area (Å²) in [6, 6.07) is 0. The molecule has 0 rings (SSSR count). The van der Waals surface area contributed by atoms with Crippen molar-refractivity contribution in [3.05, 3.63) is 48.0 Å². The first kappa shape index (κ1) is 14.4. The molecule has 0 aromatic heterocycles. The molecule has 0 bridgehead atoms. The number of rotatable bonds is 6. The predicted octanol–water partition coefficient (Wildman–Crippen LogP) is 3.92. The number of carbonyl (C=O) groups excluding carboxylic acids is 1. The first-order chi connectivity index (χ1) is 7.47. The molecule has 0 aromatic rings. The summed E-state index contributed by atoms with van der Waals surface area (Å²) in [5.41, 5.74) is 1.03. The fourth-order valence-electron chi connectivity index (χ4n) is 0.960. The van der Waals surface area contributed by atoms with Crippen molar-refractivity contribution in [1.82, 2.24) is 0 Å². The van der Waals surface area contributed by atoms with Crippen molar-refractivity contribution in [3.63, 3.8) is 0 Å². The van der Waals surface area contributed by atoms with Gasteiger partial charge in [-0.1, -0.05) is 6.08 Å². The second-order valence-electron chi connectivity index (χ2n) is 3.75. The first-order valence-corrected chi connectivity index (χ1v) is 5.29. The van der Waals surface area contributed by atoms with Crippen molar-refractivity contribution in [1.29, 1.82) is 0 Å². The minimum atomic E-state index is 0.00933. The molecular weight excluding hydrogens is 200 g/mol. The number of allylic oxidation sites excluding steroid dienone is 6. The van der Waals surface area contributed by atoms with Gasteiger partial charge in [0.1, 0.15) is 5.76 Å². The quantitative estimate of drug-likeness (QED) is 0.293. The summed E-state index contributed by atoms with van der Waals surface area (Å²) in [6.07, 6.45) is 7.72. The lowest BCUT2D eigenvalue weighted by Crippen LogP contribution is -1.92. The number of ketones is 1. The van der Waals surface area contributed by atoms with Gasteiger partial charge in [-0.25, -0.2) is 0 Å². The van der Waals surface area contributed by atoms with E-state index in [1.165, 1.54) is 13.0 Å². The van der Waals surface area contributed by atoms with Gasteiger partial charge < -0.3 is 4.74 Å². The van der Waals surface area contributed by atoms with Crippen LogP contribution in [0.2, 0.25) is 0 Å². The Labute approximate surface area is 98.0 Å². The Hall–Kier alpha value is -1.57. The zero-order valence-electron chi connectivity index (χ0n) is 10.5. The van der Waals surface area contributed by atoms with Gasteiger partial charge in [0.15, 0.2) is 5.78 Å². The molecule has 0 heterocycles. The van der Waals surface area contributed by atoms with Gasteiger partial charge in [-0.15, -0.1) is 6.58 Å². The van der Waals surface area contributed by atoms with Crippen LogP contribution in [-0.4, -0.2) is 5.78 Å². The molecule has 0 atom stereocenters. The second kappa shape index (κ2) is 7.69. The van der Waals surface area contributed by atoms with Gasteiger partial charge in [0.25, 0.3) is 0 Å². The number of hydrogen-bond donors (Lipinski definition) is 0. The first-order valence-electron chi connectivity index (χ1n) is 5.29. The predicted molar refractivity (Wildman–Crippen MR) is 67.9 cm³/mol. The summed E-state index contributed by atoms with van der Waals surface area (Å²) in [4.78, 5) is 10.8. The molecule has 0 saturated heterocycles. The average molecular weight is 220 g/mol. The summed E-state index contributed by atoms with van der Waals surface area (Å²) < 4.78 is 5.62. The summed E-state index contributed by atoms with van der Waals surface area (Å²) in [6.45, 7) is 10.9.